The molecule has 3 aliphatic rings. The van der Waals surface area contributed by atoms with Crippen LogP contribution < -0.4 is 0 Å². The average Bonchev–Trinajstić information content (AvgIpc) is 1.93. The summed E-state index contributed by atoms with van der Waals surface area (Å²) in [5, 5.41) is 0. The molecule has 1 heteroatoms. The maximum atomic E-state index is 4.19. The summed E-state index contributed by atoms with van der Waals surface area (Å²) < 4.78 is 0. The molecule has 0 aromatic carbocycles. The monoisotopic (exact) mass is 168 g/mol. The van der Waals surface area contributed by atoms with Crippen LogP contribution >= 0.6 is 9.24 Å². The third-order valence-corrected chi connectivity index (χ3v) is 4.63. The summed E-state index contributed by atoms with van der Waals surface area (Å²) in [5.41, 5.74) is 2.78. The molecule has 0 aliphatic heterocycles. The summed E-state index contributed by atoms with van der Waals surface area (Å²) in [5.74, 6) is 1.80. The van der Waals surface area contributed by atoms with Gasteiger partial charge < -0.3 is 0 Å². The van der Waals surface area contributed by atoms with Gasteiger partial charge in [0.2, 0.25) is 0 Å². The fourth-order valence-electron chi connectivity index (χ4n) is 2.76. The van der Waals surface area contributed by atoms with Crippen LogP contribution in [0.2, 0.25) is 0 Å². The summed E-state index contributed by atoms with van der Waals surface area (Å²) in [6.07, 6.45) is 2.77. The van der Waals surface area contributed by atoms with E-state index in [0.717, 1.165) is 11.8 Å². The Labute approximate surface area is 71.7 Å². The van der Waals surface area contributed by atoms with E-state index in [1.165, 1.54) is 18.4 Å². The van der Waals surface area contributed by atoms with Gasteiger partial charge in [0, 0.05) is 0 Å². The van der Waals surface area contributed by atoms with Crippen LogP contribution in [0.4, 0.5) is 0 Å². The summed E-state index contributed by atoms with van der Waals surface area (Å²) in [4.78, 5) is 0. The van der Waals surface area contributed by atoms with Crippen molar-refractivity contribution >= 4 is 9.24 Å². The molecule has 0 aromatic rings. The van der Waals surface area contributed by atoms with Gasteiger partial charge in [0.05, 0.1) is 0 Å². The third kappa shape index (κ3) is 0.855. The minimum absolute atomic E-state index is 0.574. The molecule has 3 rings (SSSR count). The van der Waals surface area contributed by atoms with Crippen LogP contribution in [0.15, 0.2) is 12.2 Å². The van der Waals surface area contributed by atoms with Crippen LogP contribution in [0.1, 0.15) is 26.7 Å². The first-order valence-corrected chi connectivity index (χ1v) is 5.14. The zero-order valence-corrected chi connectivity index (χ0v) is 8.59. The Hall–Kier alpha value is 0.170. The van der Waals surface area contributed by atoms with Crippen molar-refractivity contribution in [3.8, 4) is 0 Å². The lowest BCUT2D eigenvalue weighted by molar-refractivity contribution is -0.0250. The lowest BCUT2D eigenvalue weighted by Crippen LogP contribution is -2.52. The smallest absolute Gasteiger partial charge is 0.00525 e. The zero-order valence-electron chi connectivity index (χ0n) is 7.43. The molecule has 0 amide bonds. The molecule has 3 aliphatic carbocycles. The predicted octanol–water partition coefficient (Wildman–Crippen LogP) is 2.85. The van der Waals surface area contributed by atoms with Crippen molar-refractivity contribution < 1.29 is 0 Å². The molecule has 3 saturated carbocycles. The van der Waals surface area contributed by atoms with Crippen LogP contribution in [0.25, 0.3) is 0 Å². The standard InChI is InChI=1S/C10H17P/c1-6-8-4-7(5-9(6)11)10(8,2)3/h7-9H,1,4-5,11H2,2-3H3/t7-,8+,9+/m1/s1. The lowest BCUT2D eigenvalue weighted by atomic mass is 9.47. The van der Waals surface area contributed by atoms with E-state index < -0.39 is 0 Å². The van der Waals surface area contributed by atoms with Crippen LogP contribution in [-0.4, -0.2) is 5.66 Å². The Bertz CT molecular complexity index is 205. The topological polar surface area (TPSA) is 0 Å². The normalized spacial score (nSPS) is 46.8. The molecule has 3 fully saturated rings. The molecule has 0 spiro atoms. The van der Waals surface area contributed by atoms with E-state index in [9.17, 15) is 0 Å². The largest absolute Gasteiger partial charge is 0.130 e. The first-order valence-electron chi connectivity index (χ1n) is 4.47. The summed E-state index contributed by atoms with van der Waals surface area (Å²) in [7, 11) is 2.93. The highest BCUT2D eigenvalue weighted by Gasteiger charge is 2.53. The quantitative estimate of drug-likeness (QED) is 0.385. The van der Waals surface area contributed by atoms with Crippen molar-refractivity contribution in [1.29, 1.82) is 0 Å². The Kier molecular flexibility index (Phi) is 1.49. The van der Waals surface area contributed by atoms with Crippen molar-refractivity contribution in [2.24, 2.45) is 17.3 Å². The van der Waals surface area contributed by atoms with E-state index in [1.807, 2.05) is 0 Å². The van der Waals surface area contributed by atoms with Crippen molar-refractivity contribution in [2.75, 3.05) is 0 Å². The maximum Gasteiger partial charge on any atom is -0.00525 e. The first-order chi connectivity index (χ1) is 5.03. The van der Waals surface area contributed by atoms with Gasteiger partial charge >= 0.3 is 0 Å². The van der Waals surface area contributed by atoms with E-state index in [0.29, 0.717) is 11.1 Å². The van der Waals surface area contributed by atoms with Crippen molar-refractivity contribution in [2.45, 2.75) is 32.3 Å². The minimum Gasteiger partial charge on any atom is -0.130 e. The first kappa shape index (κ1) is 7.80. The number of rotatable bonds is 0. The van der Waals surface area contributed by atoms with Gasteiger partial charge in [0.1, 0.15) is 0 Å². The molecular weight excluding hydrogens is 151 g/mol. The van der Waals surface area contributed by atoms with Gasteiger partial charge in [-0.25, -0.2) is 0 Å². The van der Waals surface area contributed by atoms with Crippen molar-refractivity contribution in [3.63, 3.8) is 0 Å². The molecule has 0 saturated heterocycles. The second-order valence-electron chi connectivity index (χ2n) is 4.72. The van der Waals surface area contributed by atoms with E-state index in [4.69, 9.17) is 0 Å². The molecule has 0 heterocycles. The van der Waals surface area contributed by atoms with Crippen molar-refractivity contribution in [3.05, 3.63) is 12.2 Å². The van der Waals surface area contributed by atoms with Crippen LogP contribution in [0.5, 0.6) is 0 Å². The van der Waals surface area contributed by atoms with Gasteiger partial charge in [0.15, 0.2) is 0 Å². The van der Waals surface area contributed by atoms with Crippen molar-refractivity contribution in [1.82, 2.24) is 0 Å². The van der Waals surface area contributed by atoms with Gasteiger partial charge in [-0.05, 0) is 35.8 Å². The SMILES string of the molecule is C=C1[C@@H](P)C[C@H]2C[C@@H]1C2(C)C. The highest BCUT2D eigenvalue weighted by Crippen LogP contribution is 2.61. The van der Waals surface area contributed by atoms with E-state index in [2.05, 4.69) is 29.7 Å². The number of hydrogen-bond donors (Lipinski definition) is 0. The zero-order chi connectivity index (χ0) is 8.22. The molecule has 1 unspecified atom stereocenters. The predicted molar refractivity (Wildman–Crippen MR) is 52.6 cm³/mol. The highest BCUT2D eigenvalue weighted by atomic mass is 31.0. The summed E-state index contributed by atoms with van der Waals surface area (Å²) >= 11 is 0. The van der Waals surface area contributed by atoms with E-state index in [1.54, 1.807) is 0 Å². The molecule has 0 N–H and O–H groups in total. The van der Waals surface area contributed by atoms with Crippen LogP contribution in [-0.2, 0) is 0 Å². The second-order valence-corrected chi connectivity index (χ2v) is 5.53. The highest BCUT2D eigenvalue weighted by molar-refractivity contribution is 7.18. The molecule has 62 valence electrons. The summed E-state index contributed by atoms with van der Waals surface area (Å²) in [6, 6.07) is 0. The van der Waals surface area contributed by atoms with Gasteiger partial charge in [-0.3, -0.25) is 0 Å². The number of fused-ring (bicyclic) bond motifs is 2. The number of allylic oxidation sites excluding steroid dienone is 1. The molecule has 2 bridgehead atoms. The third-order valence-electron chi connectivity index (χ3n) is 3.93. The van der Waals surface area contributed by atoms with Crippen LogP contribution in [0.3, 0.4) is 0 Å². The lowest BCUT2D eigenvalue weighted by Gasteiger charge is -2.59. The Balaban J connectivity index is 2.23. The maximum absolute atomic E-state index is 4.19. The minimum atomic E-state index is 0.574. The molecule has 0 aromatic heterocycles. The van der Waals surface area contributed by atoms with E-state index >= 15 is 0 Å². The fourth-order valence-corrected chi connectivity index (χ4v) is 3.32. The van der Waals surface area contributed by atoms with Gasteiger partial charge in [0.25, 0.3) is 0 Å². The molecule has 4 atom stereocenters. The van der Waals surface area contributed by atoms with E-state index in [-0.39, 0.29) is 0 Å². The van der Waals surface area contributed by atoms with Gasteiger partial charge in [-0.1, -0.05) is 26.0 Å². The Morgan fingerprint density at radius 1 is 1.45 bits per heavy atom. The van der Waals surface area contributed by atoms with Gasteiger partial charge in [-0.15, -0.1) is 9.24 Å². The average molecular weight is 168 g/mol. The van der Waals surface area contributed by atoms with Gasteiger partial charge in [-0.2, -0.15) is 0 Å². The fraction of sp³-hybridized carbons (Fsp3) is 0.800. The molecule has 11 heavy (non-hydrogen) atoms. The Morgan fingerprint density at radius 3 is 2.45 bits per heavy atom. The number of hydrogen-bond acceptors (Lipinski definition) is 0. The molecule has 0 nitrogen and oxygen atoms in total. The molecular formula is C10H17P. The van der Waals surface area contributed by atoms with Crippen LogP contribution in [0, 0.1) is 17.3 Å². The summed E-state index contributed by atoms with van der Waals surface area (Å²) in [6.45, 7) is 8.98. The molecule has 0 radical (unpaired) electrons. The second kappa shape index (κ2) is 2.10. The Morgan fingerprint density at radius 2 is 2.09 bits per heavy atom.